The Bertz CT molecular complexity index is 433. The van der Waals surface area contributed by atoms with E-state index in [0.717, 1.165) is 31.0 Å². The zero-order valence-corrected chi connectivity index (χ0v) is 10.2. The van der Waals surface area contributed by atoms with Gasteiger partial charge < -0.3 is 16.0 Å². The Balaban J connectivity index is 2.31. The zero-order chi connectivity index (χ0) is 12.4. The molecule has 1 saturated heterocycles. The summed E-state index contributed by atoms with van der Waals surface area (Å²) in [7, 11) is 1.95. The van der Waals surface area contributed by atoms with Crippen molar-refractivity contribution in [1.29, 1.82) is 0 Å². The maximum absolute atomic E-state index is 11.4. The van der Waals surface area contributed by atoms with E-state index in [0.29, 0.717) is 11.6 Å². The number of hydrogen-bond donors (Lipinski definition) is 2. The van der Waals surface area contributed by atoms with Crippen molar-refractivity contribution in [3.05, 3.63) is 23.4 Å². The van der Waals surface area contributed by atoms with Crippen molar-refractivity contribution in [2.75, 3.05) is 25.0 Å². The molecule has 0 bridgehead atoms. The predicted octanol–water partition coefficient (Wildman–Crippen LogP) is 0.287. The number of aryl methyl sites for hydroxylation is 1. The van der Waals surface area contributed by atoms with Crippen molar-refractivity contribution in [3.8, 4) is 0 Å². The second-order valence-electron chi connectivity index (χ2n) is 4.41. The Kier molecular flexibility index (Phi) is 3.28. The molecule has 17 heavy (non-hydrogen) atoms. The molecule has 1 fully saturated rings. The van der Waals surface area contributed by atoms with Gasteiger partial charge in [-0.25, -0.2) is 4.98 Å². The molecule has 92 valence electrons. The van der Waals surface area contributed by atoms with Gasteiger partial charge in [-0.1, -0.05) is 0 Å². The second-order valence-corrected chi connectivity index (χ2v) is 4.41. The summed E-state index contributed by atoms with van der Waals surface area (Å²) in [5, 5.41) is 3.24. The monoisotopic (exact) mass is 234 g/mol. The fraction of sp³-hybridized carbons (Fsp3) is 0.500. The molecule has 5 nitrogen and oxygen atoms in total. The summed E-state index contributed by atoms with van der Waals surface area (Å²) < 4.78 is 0. The molecular weight excluding hydrogens is 216 g/mol. The van der Waals surface area contributed by atoms with Crippen molar-refractivity contribution in [2.24, 2.45) is 5.73 Å². The normalized spacial score (nSPS) is 19.6. The van der Waals surface area contributed by atoms with Crippen molar-refractivity contribution >= 4 is 11.7 Å². The largest absolute Gasteiger partial charge is 0.365 e. The lowest BCUT2D eigenvalue weighted by atomic mass is 10.2. The van der Waals surface area contributed by atoms with Gasteiger partial charge in [0.2, 0.25) is 0 Å². The number of primary amides is 1. The van der Waals surface area contributed by atoms with Gasteiger partial charge in [-0.15, -0.1) is 0 Å². The smallest absolute Gasteiger partial charge is 0.252 e. The van der Waals surface area contributed by atoms with Gasteiger partial charge in [0.25, 0.3) is 5.91 Å². The highest BCUT2D eigenvalue weighted by Crippen LogP contribution is 2.22. The van der Waals surface area contributed by atoms with Crippen molar-refractivity contribution < 1.29 is 4.79 Å². The maximum Gasteiger partial charge on any atom is 0.252 e. The molecule has 2 heterocycles. The predicted molar refractivity (Wildman–Crippen MR) is 67.2 cm³/mol. The van der Waals surface area contributed by atoms with Crippen LogP contribution in [0.1, 0.15) is 22.5 Å². The lowest BCUT2D eigenvalue weighted by Crippen LogP contribution is -2.31. The number of pyridine rings is 1. The average molecular weight is 234 g/mol. The maximum atomic E-state index is 11.4. The molecule has 1 amide bonds. The number of aromatic nitrogens is 1. The van der Waals surface area contributed by atoms with Gasteiger partial charge in [0.15, 0.2) is 0 Å². The van der Waals surface area contributed by atoms with E-state index in [-0.39, 0.29) is 0 Å². The minimum Gasteiger partial charge on any atom is -0.365 e. The number of amides is 1. The lowest BCUT2D eigenvalue weighted by molar-refractivity contribution is 0.100. The summed E-state index contributed by atoms with van der Waals surface area (Å²) >= 11 is 0. The van der Waals surface area contributed by atoms with Crippen LogP contribution in [0.2, 0.25) is 0 Å². The average Bonchev–Trinajstić information content (AvgIpc) is 2.76. The Morgan fingerprint density at radius 3 is 2.94 bits per heavy atom. The van der Waals surface area contributed by atoms with E-state index in [1.165, 1.54) is 0 Å². The number of likely N-dealkylation sites (N-methyl/N-ethyl adjacent to an activating group) is 1. The molecule has 5 heteroatoms. The third-order valence-corrected chi connectivity index (χ3v) is 3.18. The first kappa shape index (κ1) is 11.9. The van der Waals surface area contributed by atoms with Gasteiger partial charge in [0, 0.05) is 24.8 Å². The Morgan fingerprint density at radius 2 is 2.35 bits per heavy atom. The summed E-state index contributed by atoms with van der Waals surface area (Å²) in [6, 6.07) is 4.03. The van der Waals surface area contributed by atoms with Crippen LogP contribution in [0, 0.1) is 6.92 Å². The van der Waals surface area contributed by atoms with Crippen LogP contribution in [-0.2, 0) is 0 Å². The van der Waals surface area contributed by atoms with Crippen molar-refractivity contribution in [2.45, 2.75) is 19.4 Å². The van der Waals surface area contributed by atoms with E-state index in [1.54, 1.807) is 6.07 Å². The van der Waals surface area contributed by atoms with Gasteiger partial charge in [0.1, 0.15) is 5.82 Å². The summed E-state index contributed by atoms with van der Waals surface area (Å²) in [5.41, 5.74) is 6.79. The van der Waals surface area contributed by atoms with Gasteiger partial charge >= 0.3 is 0 Å². The second kappa shape index (κ2) is 4.71. The minimum atomic E-state index is -0.416. The van der Waals surface area contributed by atoms with Gasteiger partial charge in [-0.05, 0) is 32.5 Å². The van der Waals surface area contributed by atoms with Crippen LogP contribution in [0.25, 0.3) is 0 Å². The number of nitrogens with one attached hydrogen (secondary N) is 1. The van der Waals surface area contributed by atoms with Gasteiger partial charge in [0.05, 0.1) is 5.56 Å². The molecule has 1 aliphatic heterocycles. The number of anilines is 1. The number of nitrogens with zero attached hydrogens (tertiary/aromatic N) is 2. The van der Waals surface area contributed by atoms with Crippen molar-refractivity contribution in [1.82, 2.24) is 10.3 Å². The van der Waals surface area contributed by atoms with Crippen molar-refractivity contribution in [3.63, 3.8) is 0 Å². The SMILES string of the molecule is CNC1CCN(c2nc(C)ccc2C(N)=O)C1. The number of carbonyl (C=O) groups is 1. The van der Waals surface area contributed by atoms with Crippen LogP contribution in [0.3, 0.4) is 0 Å². The first-order valence-electron chi connectivity index (χ1n) is 5.81. The van der Waals surface area contributed by atoms with E-state index in [4.69, 9.17) is 5.73 Å². The molecule has 1 aliphatic rings. The number of rotatable bonds is 3. The third kappa shape index (κ3) is 2.39. The molecule has 0 aromatic carbocycles. The first-order valence-corrected chi connectivity index (χ1v) is 5.81. The highest BCUT2D eigenvalue weighted by atomic mass is 16.1. The van der Waals surface area contributed by atoms with E-state index in [1.807, 2.05) is 20.0 Å². The summed E-state index contributed by atoms with van der Waals surface area (Å²) in [6.07, 6.45) is 1.06. The number of carbonyl (C=O) groups excluding carboxylic acids is 1. The van der Waals surface area contributed by atoms with Crippen LogP contribution in [0.15, 0.2) is 12.1 Å². The molecule has 0 radical (unpaired) electrons. The molecule has 0 spiro atoms. The number of hydrogen-bond acceptors (Lipinski definition) is 4. The summed E-state index contributed by atoms with van der Waals surface area (Å²) in [6.45, 7) is 3.69. The molecule has 3 N–H and O–H groups in total. The van der Waals surface area contributed by atoms with Gasteiger partial charge in [-0.3, -0.25) is 4.79 Å². The molecule has 1 unspecified atom stereocenters. The van der Waals surface area contributed by atoms with Crippen LogP contribution in [0.4, 0.5) is 5.82 Å². The third-order valence-electron chi connectivity index (χ3n) is 3.18. The fourth-order valence-corrected chi connectivity index (χ4v) is 2.16. The van der Waals surface area contributed by atoms with Crippen LogP contribution >= 0.6 is 0 Å². The number of nitrogens with two attached hydrogens (primary N) is 1. The van der Waals surface area contributed by atoms with E-state index in [2.05, 4.69) is 15.2 Å². The summed E-state index contributed by atoms with van der Waals surface area (Å²) in [4.78, 5) is 17.9. The summed E-state index contributed by atoms with van der Waals surface area (Å²) in [5.74, 6) is 0.302. The molecule has 1 atom stereocenters. The Labute approximate surface area is 101 Å². The topological polar surface area (TPSA) is 71.2 Å². The first-order chi connectivity index (χ1) is 8.11. The molecule has 0 aliphatic carbocycles. The standard InChI is InChI=1S/C12H18N4O/c1-8-3-4-10(11(13)17)12(15-8)16-6-5-9(7-16)14-2/h3-4,9,14H,5-7H2,1-2H3,(H2,13,17). The van der Waals surface area contributed by atoms with Crippen LogP contribution in [0.5, 0.6) is 0 Å². The highest BCUT2D eigenvalue weighted by Gasteiger charge is 2.25. The van der Waals surface area contributed by atoms with E-state index in [9.17, 15) is 4.79 Å². The molecule has 1 aromatic heterocycles. The lowest BCUT2D eigenvalue weighted by Gasteiger charge is -2.20. The Morgan fingerprint density at radius 1 is 1.59 bits per heavy atom. The molecule has 0 saturated carbocycles. The fourth-order valence-electron chi connectivity index (χ4n) is 2.16. The van der Waals surface area contributed by atoms with Crippen LogP contribution in [-0.4, -0.2) is 37.1 Å². The van der Waals surface area contributed by atoms with Crippen LogP contribution < -0.4 is 16.0 Å². The van der Waals surface area contributed by atoms with E-state index < -0.39 is 5.91 Å². The van der Waals surface area contributed by atoms with E-state index >= 15 is 0 Å². The molecule has 1 aromatic rings. The Hall–Kier alpha value is -1.62. The highest BCUT2D eigenvalue weighted by molar-refractivity contribution is 5.97. The zero-order valence-electron chi connectivity index (χ0n) is 10.2. The molecule has 2 rings (SSSR count). The minimum absolute atomic E-state index is 0.416. The quantitative estimate of drug-likeness (QED) is 0.788. The van der Waals surface area contributed by atoms with Gasteiger partial charge in [-0.2, -0.15) is 0 Å². The molecular formula is C12H18N4O.